The molecule has 1 saturated heterocycles. The minimum Gasteiger partial charge on any atom is -0.489 e. The fraction of sp³-hybridized carbons (Fsp3) is 0.375. The van der Waals surface area contributed by atoms with Crippen molar-refractivity contribution in [3.8, 4) is 5.75 Å². The highest BCUT2D eigenvalue weighted by Crippen LogP contribution is 2.21. The average molecular weight is 437 g/mol. The summed E-state index contributed by atoms with van der Waals surface area (Å²) in [5.41, 5.74) is 1.35. The maximum atomic E-state index is 12.5. The van der Waals surface area contributed by atoms with Gasteiger partial charge in [0.25, 0.3) is 5.91 Å². The van der Waals surface area contributed by atoms with Gasteiger partial charge in [0.15, 0.2) is 0 Å². The van der Waals surface area contributed by atoms with Gasteiger partial charge >= 0.3 is 0 Å². The van der Waals surface area contributed by atoms with Gasteiger partial charge in [-0.05, 0) is 55.8 Å². The number of benzene rings is 1. The molecule has 2 aromatic heterocycles. The molecule has 0 spiro atoms. The number of ether oxygens (including phenoxy) is 1. The number of rotatable bonds is 7. The third-order valence-electron chi connectivity index (χ3n) is 5.42. The zero-order valence-corrected chi connectivity index (χ0v) is 18.3. The molecule has 0 aliphatic carbocycles. The molecule has 3 heterocycles. The SMILES string of the molecule is CC(C)(O)CC(=O)N1CC[C@H](Oc2ccc(C(=O)NCc3ccn4ccnc4c3)cc2)C1. The first-order chi connectivity index (χ1) is 15.3. The first-order valence-electron chi connectivity index (χ1n) is 10.7. The van der Waals surface area contributed by atoms with E-state index in [0.717, 1.165) is 17.6 Å². The van der Waals surface area contributed by atoms with Crippen LogP contribution in [0.3, 0.4) is 0 Å². The van der Waals surface area contributed by atoms with E-state index in [0.29, 0.717) is 30.9 Å². The van der Waals surface area contributed by atoms with Gasteiger partial charge in [0.05, 0.1) is 18.6 Å². The van der Waals surface area contributed by atoms with E-state index in [4.69, 9.17) is 4.74 Å². The minimum absolute atomic E-state index is 0.0671. The molecule has 2 N–H and O–H groups in total. The summed E-state index contributed by atoms with van der Waals surface area (Å²) in [4.78, 5) is 30.7. The summed E-state index contributed by atoms with van der Waals surface area (Å²) in [6.07, 6.45) is 6.26. The third-order valence-corrected chi connectivity index (χ3v) is 5.42. The van der Waals surface area contributed by atoms with E-state index in [1.54, 1.807) is 49.2 Å². The van der Waals surface area contributed by atoms with E-state index in [1.807, 2.05) is 28.9 Å². The first kappa shape index (κ1) is 21.8. The van der Waals surface area contributed by atoms with Gasteiger partial charge in [-0.25, -0.2) is 4.98 Å². The average Bonchev–Trinajstić information content (AvgIpc) is 3.40. The van der Waals surface area contributed by atoms with E-state index >= 15 is 0 Å². The quantitative estimate of drug-likeness (QED) is 0.593. The second kappa shape index (κ2) is 9.00. The Morgan fingerprint density at radius 3 is 2.75 bits per heavy atom. The molecule has 0 radical (unpaired) electrons. The molecular formula is C24H28N4O4. The van der Waals surface area contributed by atoms with Crippen molar-refractivity contribution in [2.45, 2.75) is 44.9 Å². The van der Waals surface area contributed by atoms with E-state index < -0.39 is 5.60 Å². The van der Waals surface area contributed by atoms with Gasteiger partial charge in [-0.3, -0.25) is 9.59 Å². The van der Waals surface area contributed by atoms with E-state index in [2.05, 4.69) is 10.3 Å². The number of fused-ring (bicyclic) bond motifs is 1. The van der Waals surface area contributed by atoms with Crippen LogP contribution in [0, 0.1) is 0 Å². The Morgan fingerprint density at radius 2 is 2.00 bits per heavy atom. The van der Waals surface area contributed by atoms with Crippen molar-refractivity contribution in [2.75, 3.05) is 13.1 Å². The molecule has 8 heteroatoms. The van der Waals surface area contributed by atoms with Gasteiger partial charge in [0.1, 0.15) is 17.5 Å². The van der Waals surface area contributed by atoms with Crippen LogP contribution in [0.4, 0.5) is 0 Å². The highest BCUT2D eigenvalue weighted by atomic mass is 16.5. The molecule has 4 rings (SSSR count). The molecule has 8 nitrogen and oxygen atoms in total. The summed E-state index contributed by atoms with van der Waals surface area (Å²) in [5, 5.41) is 12.8. The van der Waals surface area contributed by atoms with Gasteiger partial charge in [-0.1, -0.05) is 0 Å². The van der Waals surface area contributed by atoms with Gasteiger partial charge in [-0.2, -0.15) is 0 Å². The second-order valence-corrected chi connectivity index (χ2v) is 8.79. The first-order valence-corrected chi connectivity index (χ1v) is 10.7. The van der Waals surface area contributed by atoms with Crippen molar-refractivity contribution in [1.29, 1.82) is 0 Å². The van der Waals surface area contributed by atoms with Crippen LogP contribution in [0.1, 0.15) is 42.6 Å². The van der Waals surface area contributed by atoms with Crippen LogP contribution in [0.25, 0.3) is 5.65 Å². The lowest BCUT2D eigenvalue weighted by Crippen LogP contribution is -2.36. The number of likely N-dealkylation sites (tertiary alicyclic amines) is 1. The van der Waals surface area contributed by atoms with Crippen LogP contribution >= 0.6 is 0 Å². The van der Waals surface area contributed by atoms with Gasteiger partial charge in [0, 0.05) is 43.7 Å². The van der Waals surface area contributed by atoms with Gasteiger partial charge in [0.2, 0.25) is 5.91 Å². The van der Waals surface area contributed by atoms with Gasteiger partial charge < -0.3 is 24.5 Å². The number of aromatic nitrogens is 2. The second-order valence-electron chi connectivity index (χ2n) is 8.79. The van der Waals surface area contributed by atoms with Crippen LogP contribution in [-0.4, -0.2) is 56.0 Å². The lowest BCUT2D eigenvalue weighted by Gasteiger charge is -2.22. The number of aliphatic hydroxyl groups is 1. The number of amides is 2. The number of nitrogens with zero attached hydrogens (tertiary/aromatic N) is 3. The predicted molar refractivity (Wildman–Crippen MR) is 119 cm³/mol. The molecule has 32 heavy (non-hydrogen) atoms. The highest BCUT2D eigenvalue weighted by Gasteiger charge is 2.30. The van der Waals surface area contributed by atoms with Crippen LogP contribution in [0.2, 0.25) is 0 Å². The fourth-order valence-corrected chi connectivity index (χ4v) is 3.76. The standard InChI is InChI=1S/C24H28N4O4/c1-24(2,31)14-22(29)28-11-8-20(16-28)32-19-5-3-18(4-6-19)23(30)26-15-17-7-10-27-12-9-25-21(27)13-17/h3-7,9-10,12-13,20,31H,8,11,14-16H2,1-2H3,(H,26,30)/t20-/m0/s1. The smallest absolute Gasteiger partial charge is 0.251 e. The number of imidazole rings is 1. The number of pyridine rings is 1. The summed E-state index contributed by atoms with van der Waals surface area (Å²) in [6.45, 7) is 4.79. The molecule has 1 atom stereocenters. The number of carbonyl (C=O) groups is 2. The topological polar surface area (TPSA) is 96.2 Å². The summed E-state index contributed by atoms with van der Waals surface area (Å²) >= 11 is 0. The summed E-state index contributed by atoms with van der Waals surface area (Å²) in [6, 6.07) is 10.9. The van der Waals surface area contributed by atoms with Crippen molar-refractivity contribution < 1.29 is 19.4 Å². The molecule has 1 aliphatic rings. The van der Waals surface area contributed by atoms with E-state index in [-0.39, 0.29) is 24.3 Å². The van der Waals surface area contributed by atoms with Crippen molar-refractivity contribution in [1.82, 2.24) is 19.6 Å². The molecule has 0 bridgehead atoms. The molecule has 0 unspecified atom stereocenters. The van der Waals surface area contributed by atoms with Crippen molar-refractivity contribution in [3.63, 3.8) is 0 Å². The zero-order valence-electron chi connectivity index (χ0n) is 18.3. The Morgan fingerprint density at radius 1 is 1.22 bits per heavy atom. The number of carbonyl (C=O) groups excluding carboxylic acids is 2. The molecule has 3 aromatic rings. The largest absolute Gasteiger partial charge is 0.489 e. The zero-order chi connectivity index (χ0) is 22.7. The molecule has 168 valence electrons. The Hall–Kier alpha value is -3.39. The Bertz CT molecular complexity index is 1100. The normalized spacial score (nSPS) is 16.3. The summed E-state index contributed by atoms with van der Waals surface area (Å²) < 4.78 is 7.90. The van der Waals surface area contributed by atoms with Crippen LogP contribution in [0.15, 0.2) is 55.0 Å². The number of hydrogen-bond donors (Lipinski definition) is 2. The third kappa shape index (κ3) is 5.45. The molecule has 0 saturated carbocycles. The van der Waals surface area contributed by atoms with E-state index in [9.17, 15) is 14.7 Å². The fourth-order valence-electron chi connectivity index (χ4n) is 3.76. The highest BCUT2D eigenvalue weighted by molar-refractivity contribution is 5.94. The molecular weight excluding hydrogens is 408 g/mol. The maximum Gasteiger partial charge on any atom is 0.251 e. The molecule has 2 amide bonds. The molecule has 1 aromatic carbocycles. The van der Waals surface area contributed by atoms with Crippen LogP contribution < -0.4 is 10.1 Å². The molecule has 1 aliphatic heterocycles. The Balaban J connectivity index is 1.27. The van der Waals surface area contributed by atoms with Crippen molar-refractivity contribution in [3.05, 3.63) is 66.1 Å². The molecule has 1 fully saturated rings. The lowest BCUT2D eigenvalue weighted by atomic mass is 10.1. The monoisotopic (exact) mass is 436 g/mol. The van der Waals surface area contributed by atoms with E-state index in [1.165, 1.54) is 0 Å². The minimum atomic E-state index is -1.02. The Kier molecular flexibility index (Phi) is 6.14. The number of nitrogens with one attached hydrogen (secondary N) is 1. The van der Waals surface area contributed by atoms with Crippen LogP contribution in [-0.2, 0) is 11.3 Å². The van der Waals surface area contributed by atoms with Gasteiger partial charge in [-0.15, -0.1) is 0 Å². The Labute approximate surface area is 186 Å². The summed E-state index contributed by atoms with van der Waals surface area (Å²) in [5.74, 6) is 0.430. The lowest BCUT2D eigenvalue weighted by molar-refractivity contribution is -0.134. The maximum absolute atomic E-state index is 12.5. The predicted octanol–water partition coefficient (Wildman–Crippen LogP) is 2.41. The van der Waals surface area contributed by atoms with Crippen molar-refractivity contribution in [2.24, 2.45) is 0 Å². The van der Waals surface area contributed by atoms with Crippen molar-refractivity contribution >= 4 is 17.5 Å². The summed E-state index contributed by atoms with van der Waals surface area (Å²) in [7, 11) is 0. The van der Waals surface area contributed by atoms with Crippen LogP contribution in [0.5, 0.6) is 5.75 Å². The number of hydrogen-bond acceptors (Lipinski definition) is 5.